The van der Waals surface area contributed by atoms with E-state index in [9.17, 15) is 0 Å². The molecule has 0 bridgehead atoms. The zero-order chi connectivity index (χ0) is 13.9. The Bertz CT molecular complexity index is 576. The second kappa shape index (κ2) is 6.01. The molecule has 2 heteroatoms. The molecule has 0 N–H and O–H groups in total. The third kappa shape index (κ3) is 2.76. The molecule has 0 saturated carbocycles. The normalized spacial score (nSPS) is 16.9. The molecule has 1 aromatic heterocycles. The van der Waals surface area contributed by atoms with Crippen molar-refractivity contribution in [3.63, 3.8) is 0 Å². The smallest absolute Gasteiger partial charge is 0.0483 e. The first-order valence-electron chi connectivity index (χ1n) is 8.08. The third-order valence-corrected chi connectivity index (χ3v) is 4.43. The maximum atomic E-state index is 2.62. The van der Waals surface area contributed by atoms with Crippen molar-refractivity contribution >= 4 is 10.9 Å². The first-order valence-corrected chi connectivity index (χ1v) is 8.08. The predicted octanol–water partition coefficient (Wildman–Crippen LogP) is 4.35. The average molecular weight is 270 g/mol. The minimum absolute atomic E-state index is 1.12. The highest BCUT2D eigenvalue weighted by atomic mass is 15.1. The van der Waals surface area contributed by atoms with E-state index in [4.69, 9.17) is 0 Å². The SMILES string of the molecule is CCCn1cc(CN2CCCCC2)c2cc(C)ccc21. The molecule has 0 atom stereocenters. The largest absolute Gasteiger partial charge is 0.347 e. The number of rotatable bonds is 4. The number of piperidine rings is 1. The molecule has 1 aliphatic rings. The van der Waals surface area contributed by atoms with E-state index in [1.807, 2.05) is 0 Å². The summed E-state index contributed by atoms with van der Waals surface area (Å²) in [5, 5.41) is 1.46. The second-order valence-corrected chi connectivity index (χ2v) is 6.21. The molecule has 0 amide bonds. The molecule has 20 heavy (non-hydrogen) atoms. The number of nitrogens with zero attached hydrogens (tertiary/aromatic N) is 2. The molecular weight excluding hydrogens is 244 g/mol. The Kier molecular flexibility index (Phi) is 4.11. The first kappa shape index (κ1) is 13.7. The molecule has 1 fully saturated rings. The van der Waals surface area contributed by atoms with Crippen molar-refractivity contribution in [2.45, 2.75) is 52.6 Å². The number of likely N-dealkylation sites (tertiary alicyclic amines) is 1. The molecule has 3 rings (SSSR count). The Balaban J connectivity index is 1.93. The maximum absolute atomic E-state index is 2.62. The van der Waals surface area contributed by atoms with Gasteiger partial charge in [-0.15, -0.1) is 0 Å². The fourth-order valence-corrected chi connectivity index (χ4v) is 3.40. The van der Waals surface area contributed by atoms with Gasteiger partial charge in [-0.05, 0) is 57.0 Å². The van der Waals surface area contributed by atoms with Crippen LogP contribution in [0.15, 0.2) is 24.4 Å². The van der Waals surface area contributed by atoms with Gasteiger partial charge in [0.15, 0.2) is 0 Å². The molecule has 0 spiro atoms. The van der Waals surface area contributed by atoms with E-state index >= 15 is 0 Å². The number of aryl methyl sites for hydroxylation is 2. The van der Waals surface area contributed by atoms with Gasteiger partial charge < -0.3 is 4.57 Å². The van der Waals surface area contributed by atoms with E-state index in [2.05, 4.69) is 47.7 Å². The molecule has 2 aromatic rings. The van der Waals surface area contributed by atoms with E-state index in [1.54, 1.807) is 0 Å². The van der Waals surface area contributed by atoms with Crippen molar-refractivity contribution in [2.75, 3.05) is 13.1 Å². The molecule has 0 unspecified atom stereocenters. The van der Waals surface area contributed by atoms with Crippen molar-refractivity contribution < 1.29 is 0 Å². The minimum atomic E-state index is 1.12. The van der Waals surface area contributed by atoms with Crippen LogP contribution in [0.2, 0.25) is 0 Å². The molecule has 1 saturated heterocycles. The highest BCUT2D eigenvalue weighted by molar-refractivity contribution is 5.84. The summed E-state index contributed by atoms with van der Waals surface area (Å²) in [6.45, 7) is 9.24. The van der Waals surface area contributed by atoms with Crippen LogP contribution in [0.4, 0.5) is 0 Å². The number of aromatic nitrogens is 1. The van der Waals surface area contributed by atoms with Gasteiger partial charge in [-0.1, -0.05) is 25.0 Å². The summed E-state index contributed by atoms with van der Waals surface area (Å²) in [4.78, 5) is 2.62. The van der Waals surface area contributed by atoms with Crippen molar-refractivity contribution in [3.8, 4) is 0 Å². The summed E-state index contributed by atoms with van der Waals surface area (Å²) >= 11 is 0. The lowest BCUT2D eigenvalue weighted by Crippen LogP contribution is -2.28. The quantitative estimate of drug-likeness (QED) is 0.802. The Morgan fingerprint density at radius 2 is 1.90 bits per heavy atom. The average Bonchev–Trinajstić information content (AvgIpc) is 2.78. The van der Waals surface area contributed by atoms with Gasteiger partial charge in [0.25, 0.3) is 0 Å². The highest BCUT2D eigenvalue weighted by Crippen LogP contribution is 2.25. The molecule has 0 radical (unpaired) electrons. The van der Waals surface area contributed by atoms with Crippen molar-refractivity contribution in [1.82, 2.24) is 9.47 Å². The zero-order valence-electron chi connectivity index (χ0n) is 12.9. The van der Waals surface area contributed by atoms with Gasteiger partial charge in [-0.3, -0.25) is 4.90 Å². The van der Waals surface area contributed by atoms with Gasteiger partial charge in [0.05, 0.1) is 0 Å². The lowest BCUT2D eigenvalue weighted by molar-refractivity contribution is 0.221. The van der Waals surface area contributed by atoms with Gasteiger partial charge in [0, 0.05) is 30.2 Å². The van der Waals surface area contributed by atoms with Crippen LogP contribution >= 0.6 is 0 Å². The van der Waals surface area contributed by atoms with E-state index in [0.717, 1.165) is 13.1 Å². The van der Waals surface area contributed by atoms with Gasteiger partial charge in [0.1, 0.15) is 0 Å². The molecule has 2 nitrogen and oxygen atoms in total. The summed E-state index contributed by atoms with van der Waals surface area (Å²) in [5.41, 5.74) is 4.29. The van der Waals surface area contributed by atoms with Gasteiger partial charge in [-0.2, -0.15) is 0 Å². The van der Waals surface area contributed by atoms with Crippen molar-refractivity contribution in [2.24, 2.45) is 0 Å². The van der Waals surface area contributed by atoms with Crippen LogP contribution in [0.25, 0.3) is 10.9 Å². The fourth-order valence-electron chi connectivity index (χ4n) is 3.40. The monoisotopic (exact) mass is 270 g/mol. The molecule has 0 aliphatic carbocycles. The maximum Gasteiger partial charge on any atom is 0.0483 e. The molecule has 1 aromatic carbocycles. The number of hydrogen-bond acceptors (Lipinski definition) is 1. The van der Waals surface area contributed by atoms with Crippen LogP contribution < -0.4 is 0 Å². The lowest BCUT2D eigenvalue weighted by Gasteiger charge is -2.26. The van der Waals surface area contributed by atoms with E-state index in [0.29, 0.717) is 0 Å². The molecular formula is C18H26N2. The number of benzene rings is 1. The van der Waals surface area contributed by atoms with E-state index in [1.165, 1.54) is 60.8 Å². The Labute approximate surface area is 122 Å². The van der Waals surface area contributed by atoms with Gasteiger partial charge in [-0.25, -0.2) is 0 Å². The highest BCUT2D eigenvalue weighted by Gasteiger charge is 2.14. The van der Waals surface area contributed by atoms with E-state index < -0.39 is 0 Å². The van der Waals surface area contributed by atoms with Crippen LogP contribution in [-0.4, -0.2) is 22.6 Å². The standard InChI is InChI=1S/C18H26N2/c1-3-9-20-14-16(13-19-10-5-4-6-11-19)17-12-15(2)7-8-18(17)20/h7-8,12,14H,3-6,9-11,13H2,1-2H3. The van der Waals surface area contributed by atoms with Gasteiger partial charge >= 0.3 is 0 Å². The van der Waals surface area contributed by atoms with E-state index in [-0.39, 0.29) is 0 Å². The first-order chi connectivity index (χ1) is 9.78. The van der Waals surface area contributed by atoms with Crippen LogP contribution in [0.3, 0.4) is 0 Å². The second-order valence-electron chi connectivity index (χ2n) is 6.21. The summed E-state index contributed by atoms with van der Waals surface area (Å²) < 4.78 is 2.44. The van der Waals surface area contributed by atoms with Crippen molar-refractivity contribution in [1.29, 1.82) is 0 Å². The Morgan fingerprint density at radius 1 is 1.10 bits per heavy atom. The fraction of sp³-hybridized carbons (Fsp3) is 0.556. The summed E-state index contributed by atoms with van der Waals surface area (Å²) in [5.74, 6) is 0. The van der Waals surface area contributed by atoms with Crippen LogP contribution in [0.5, 0.6) is 0 Å². The number of hydrogen-bond donors (Lipinski definition) is 0. The zero-order valence-corrected chi connectivity index (χ0v) is 12.9. The molecule has 1 aliphatic heterocycles. The number of fused-ring (bicyclic) bond motifs is 1. The topological polar surface area (TPSA) is 8.17 Å². The minimum Gasteiger partial charge on any atom is -0.347 e. The summed E-state index contributed by atoms with van der Waals surface area (Å²) in [6, 6.07) is 6.89. The summed E-state index contributed by atoms with van der Waals surface area (Å²) in [7, 11) is 0. The molecule has 108 valence electrons. The Morgan fingerprint density at radius 3 is 2.65 bits per heavy atom. The van der Waals surface area contributed by atoms with Gasteiger partial charge in [0.2, 0.25) is 0 Å². The molecule has 2 heterocycles. The van der Waals surface area contributed by atoms with Crippen molar-refractivity contribution in [3.05, 3.63) is 35.5 Å². The predicted molar refractivity (Wildman–Crippen MR) is 86.1 cm³/mol. The van der Waals surface area contributed by atoms with Crippen LogP contribution in [0.1, 0.15) is 43.7 Å². The lowest BCUT2D eigenvalue weighted by atomic mass is 10.1. The Hall–Kier alpha value is -1.28. The van der Waals surface area contributed by atoms with Crippen LogP contribution in [0, 0.1) is 6.92 Å². The third-order valence-electron chi connectivity index (χ3n) is 4.43. The summed E-state index contributed by atoms with van der Waals surface area (Å²) in [6.07, 6.45) is 7.73. The van der Waals surface area contributed by atoms with Crippen LogP contribution in [-0.2, 0) is 13.1 Å².